The molecule has 0 aromatic heterocycles. The van der Waals surface area contributed by atoms with Crippen molar-refractivity contribution in [2.24, 2.45) is 11.7 Å². The van der Waals surface area contributed by atoms with Gasteiger partial charge in [-0.25, -0.2) is 0 Å². The first kappa shape index (κ1) is 10.5. The summed E-state index contributed by atoms with van der Waals surface area (Å²) >= 11 is 0. The minimum atomic E-state index is 0.0652. The summed E-state index contributed by atoms with van der Waals surface area (Å²) < 4.78 is 5.13. The van der Waals surface area contributed by atoms with Gasteiger partial charge >= 0.3 is 0 Å². The minimum absolute atomic E-state index is 0.0652. The molecule has 1 aliphatic rings. The number of nitrogens with two attached hydrogens (primary N) is 1. The highest BCUT2D eigenvalue weighted by Crippen LogP contribution is 2.09. The molecule has 0 bridgehead atoms. The van der Waals surface area contributed by atoms with Crippen molar-refractivity contribution < 1.29 is 9.53 Å². The lowest BCUT2D eigenvalue weighted by atomic mass is 10.1. The van der Waals surface area contributed by atoms with Crippen molar-refractivity contribution in [1.29, 1.82) is 0 Å². The Balaban J connectivity index is 2.56. The van der Waals surface area contributed by atoms with E-state index in [0.29, 0.717) is 19.1 Å². The molecule has 0 aromatic rings. The van der Waals surface area contributed by atoms with E-state index in [1.807, 2.05) is 4.90 Å². The highest BCUT2D eigenvalue weighted by Gasteiger charge is 2.27. The van der Waals surface area contributed by atoms with Crippen LogP contribution >= 0.6 is 0 Å². The maximum absolute atomic E-state index is 11.4. The van der Waals surface area contributed by atoms with Gasteiger partial charge in [0.25, 0.3) is 0 Å². The van der Waals surface area contributed by atoms with Gasteiger partial charge in [0.15, 0.2) is 0 Å². The second-order valence-electron chi connectivity index (χ2n) is 3.84. The van der Waals surface area contributed by atoms with Crippen molar-refractivity contribution in [3.8, 4) is 0 Å². The molecular weight excluding hydrogens is 168 g/mol. The predicted molar refractivity (Wildman–Crippen MR) is 50.2 cm³/mol. The van der Waals surface area contributed by atoms with Crippen LogP contribution in [0.25, 0.3) is 0 Å². The van der Waals surface area contributed by atoms with E-state index in [0.717, 1.165) is 6.54 Å². The van der Waals surface area contributed by atoms with Crippen LogP contribution in [0.2, 0.25) is 0 Å². The van der Waals surface area contributed by atoms with Crippen molar-refractivity contribution >= 4 is 5.91 Å². The van der Waals surface area contributed by atoms with Gasteiger partial charge in [-0.1, -0.05) is 13.8 Å². The van der Waals surface area contributed by atoms with E-state index in [2.05, 4.69) is 13.8 Å². The fourth-order valence-corrected chi connectivity index (χ4v) is 1.50. The number of hydrogen-bond acceptors (Lipinski definition) is 3. The van der Waals surface area contributed by atoms with Crippen LogP contribution in [0.15, 0.2) is 0 Å². The molecule has 0 spiro atoms. The largest absolute Gasteiger partial charge is 0.369 e. The molecule has 4 heteroatoms. The fraction of sp³-hybridized carbons (Fsp3) is 0.889. The lowest BCUT2D eigenvalue weighted by Gasteiger charge is -2.35. The molecule has 1 unspecified atom stereocenters. The first-order chi connectivity index (χ1) is 6.15. The molecule has 1 saturated heterocycles. The van der Waals surface area contributed by atoms with Gasteiger partial charge in [-0.15, -0.1) is 0 Å². The van der Waals surface area contributed by atoms with Gasteiger partial charge < -0.3 is 15.4 Å². The number of rotatable bonds is 3. The molecule has 13 heavy (non-hydrogen) atoms. The van der Waals surface area contributed by atoms with Crippen LogP contribution in [0.3, 0.4) is 0 Å². The van der Waals surface area contributed by atoms with Gasteiger partial charge in [0.1, 0.15) is 6.61 Å². The molecule has 1 amide bonds. The first-order valence-electron chi connectivity index (χ1n) is 4.72. The monoisotopic (exact) mass is 186 g/mol. The Bertz CT molecular complexity index is 182. The lowest BCUT2D eigenvalue weighted by Crippen LogP contribution is -2.53. The number of carbonyl (C=O) groups is 1. The zero-order valence-electron chi connectivity index (χ0n) is 8.32. The standard InChI is InChI=1S/C9H18N2O2/c1-7(2)4-11-8(3-10)5-13-6-9(11)12/h7-8H,3-6,10H2,1-2H3. The lowest BCUT2D eigenvalue weighted by molar-refractivity contribution is -0.148. The second kappa shape index (κ2) is 4.58. The number of ether oxygens (including phenoxy) is 1. The molecule has 0 saturated carbocycles. The number of hydrogen-bond donors (Lipinski definition) is 1. The molecule has 1 atom stereocenters. The number of morpholine rings is 1. The van der Waals surface area contributed by atoms with E-state index >= 15 is 0 Å². The zero-order chi connectivity index (χ0) is 9.84. The van der Waals surface area contributed by atoms with Gasteiger partial charge in [-0.05, 0) is 5.92 Å². The summed E-state index contributed by atoms with van der Waals surface area (Å²) in [7, 11) is 0. The molecule has 1 fully saturated rings. The summed E-state index contributed by atoms with van der Waals surface area (Å²) in [6, 6.07) is 0.0728. The van der Waals surface area contributed by atoms with Crippen molar-refractivity contribution in [2.75, 3.05) is 26.3 Å². The third-order valence-corrected chi connectivity index (χ3v) is 2.13. The summed E-state index contributed by atoms with van der Waals surface area (Å²) in [6.07, 6.45) is 0. The zero-order valence-corrected chi connectivity index (χ0v) is 8.32. The summed E-state index contributed by atoms with van der Waals surface area (Å²) in [6.45, 7) is 6.24. The van der Waals surface area contributed by atoms with Crippen molar-refractivity contribution in [2.45, 2.75) is 19.9 Å². The van der Waals surface area contributed by atoms with E-state index in [-0.39, 0.29) is 18.6 Å². The van der Waals surface area contributed by atoms with Crippen LogP contribution in [-0.4, -0.2) is 43.2 Å². The summed E-state index contributed by atoms with van der Waals surface area (Å²) in [5, 5.41) is 0. The Kier molecular flexibility index (Phi) is 3.69. The predicted octanol–water partition coefficient (Wildman–Crippen LogP) is -0.171. The summed E-state index contributed by atoms with van der Waals surface area (Å²) in [5.41, 5.74) is 5.56. The molecule has 1 aliphatic heterocycles. The van der Waals surface area contributed by atoms with Gasteiger partial charge in [-0.2, -0.15) is 0 Å². The van der Waals surface area contributed by atoms with Crippen LogP contribution in [0, 0.1) is 5.92 Å². The average Bonchev–Trinajstić information content (AvgIpc) is 2.08. The quantitative estimate of drug-likeness (QED) is 0.665. The maximum Gasteiger partial charge on any atom is 0.248 e. The Labute approximate surface area is 79.0 Å². The van der Waals surface area contributed by atoms with E-state index in [1.54, 1.807) is 0 Å². The Morgan fingerprint density at radius 3 is 2.92 bits per heavy atom. The van der Waals surface area contributed by atoms with Crippen LogP contribution in [0.5, 0.6) is 0 Å². The van der Waals surface area contributed by atoms with Gasteiger partial charge in [0.2, 0.25) is 5.91 Å². The molecule has 1 rings (SSSR count). The Morgan fingerprint density at radius 2 is 2.38 bits per heavy atom. The van der Waals surface area contributed by atoms with Crippen LogP contribution in [0.4, 0.5) is 0 Å². The summed E-state index contributed by atoms with van der Waals surface area (Å²) in [4.78, 5) is 13.3. The van der Waals surface area contributed by atoms with Crippen molar-refractivity contribution in [1.82, 2.24) is 4.90 Å². The number of nitrogens with zero attached hydrogens (tertiary/aromatic N) is 1. The van der Waals surface area contributed by atoms with E-state index in [1.165, 1.54) is 0 Å². The third kappa shape index (κ3) is 2.67. The Morgan fingerprint density at radius 1 is 1.69 bits per heavy atom. The molecule has 0 radical (unpaired) electrons. The van der Waals surface area contributed by atoms with E-state index in [4.69, 9.17) is 10.5 Å². The van der Waals surface area contributed by atoms with Gasteiger partial charge in [0.05, 0.1) is 12.6 Å². The molecule has 2 N–H and O–H groups in total. The molecule has 4 nitrogen and oxygen atoms in total. The molecule has 0 aromatic carbocycles. The molecule has 76 valence electrons. The minimum Gasteiger partial charge on any atom is -0.369 e. The summed E-state index contributed by atoms with van der Waals surface area (Å²) in [5.74, 6) is 0.548. The highest BCUT2D eigenvalue weighted by molar-refractivity contribution is 5.78. The molecule has 0 aliphatic carbocycles. The van der Waals surface area contributed by atoms with Gasteiger partial charge in [-0.3, -0.25) is 4.79 Å². The normalized spacial score (nSPS) is 24.2. The van der Waals surface area contributed by atoms with Crippen LogP contribution in [-0.2, 0) is 9.53 Å². The van der Waals surface area contributed by atoms with Gasteiger partial charge in [0, 0.05) is 13.1 Å². The SMILES string of the molecule is CC(C)CN1C(=O)COCC1CN. The second-order valence-corrected chi connectivity index (χ2v) is 3.84. The van der Waals surface area contributed by atoms with Crippen LogP contribution in [0.1, 0.15) is 13.8 Å². The van der Waals surface area contributed by atoms with E-state index < -0.39 is 0 Å². The topological polar surface area (TPSA) is 55.6 Å². The van der Waals surface area contributed by atoms with Crippen LogP contribution < -0.4 is 5.73 Å². The van der Waals surface area contributed by atoms with Crippen molar-refractivity contribution in [3.63, 3.8) is 0 Å². The average molecular weight is 186 g/mol. The fourth-order valence-electron chi connectivity index (χ4n) is 1.50. The molecular formula is C9H18N2O2. The number of amides is 1. The van der Waals surface area contributed by atoms with E-state index in [9.17, 15) is 4.79 Å². The van der Waals surface area contributed by atoms with Crippen molar-refractivity contribution in [3.05, 3.63) is 0 Å². The third-order valence-electron chi connectivity index (χ3n) is 2.13. The Hall–Kier alpha value is -0.610. The molecule has 1 heterocycles. The first-order valence-corrected chi connectivity index (χ1v) is 4.72. The highest BCUT2D eigenvalue weighted by atomic mass is 16.5. The smallest absolute Gasteiger partial charge is 0.248 e. The number of carbonyl (C=O) groups excluding carboxylic acids is 1. The maximum atomic E-state index is 11.4.